The van der Waals surface area contributed by atoms with E-state index in [2.05, 4.69) is 4.98 Å². The van der Waals surface area contributed by atoms with Crippen LogP contribution in [0.15, 0.2) is 42.6 Å². The molecule has 0 bridgehead atoms. The van der Waals surface area contributed by atoms with Gasteiger partial charge in [-0.15, -0.1) is 0 Å². The molecule has 2 rings (SSSR count). The lowest BCUT2D eigenvalue weighted by Crippen LogP contribution is -2.09. The Balaban J connectivity index is 2.17. The summed E-state index contributed by atoms with van der Waals surface area (Å²) in [5.41, 5.74) is 2.02. The number of carbonyl (C=O) groups excluding carboxylic acids is 1. The SMILES string of the molecule is COC(=O)CC[C@H](Cc1ccc(Cl)cn1)c1cccc(Cl)c1. The lowest BCUT2D eigenvalue weighted by molar-refractivity contribution is -0.140. The van der Waals surface area contributed by atoms with Gasteiger partial charge in [0.1, 0.15) is 0 Å². The first-order chi connectivity index (χ1) is 10.6. The number of nitrogens with zero attached hydrogens (tertiary/aromatic N) is 1. The van der Waals surface area contributed by atoms with E-state index in [0.29, 0.717) is 29.3 Å². The second-order valence-electron chi connectivity index (χ2n) is 5.04. The van der Waals surface area contributed by atoms with E-state index in [9.17, 15) is 4.79 Å². The van der Waals surface area contributed by atoms with Crippen molar-refractivity contribution in [1.82, 2.24) is 4.98 Å². The van der Waals surface area contributed by atoms with Crippen LogP contribution in [-0.2, 0) is 16.0 Å². The first-order valence-electron chi connectivity index (χ1n) is 7.01. The maximum atomic E-state index is 11.4. The Morgan fingerprint density at radius 1 is 1.23 bits per heavy atom. The standard InChI is InChI=1S/C17H17Cl2NO2/c1-22-17(21)8-5-13(12-3-2-4-14(18)9-12)10-16-7-6-15(19)11-20-16/h2-4,6-7,9,11,13H,5,8,10H2,1H3/t13-/m1/s1. The van der Waals surface area contributed by atoms with Crippen LogP contribution in [0.2, 0.25) is 10.0 Å². The van der Waals surface area contributed by atoms with Gasteiger partial charge in [0.05, 0.1) is 12.1 Å². The van der Waals surface area contributed by atoms with Crippen molar-refractivity contribution in [3.63, 3.8) is 0 Å². The number of rotatable bonds is 6. The summed E-state index contributed by atoms with van der Waals surface area (Å²) in [6.07, 6.45) is 3.39. The number of esters is 1. The Kier molecular flexibility index (Phi) is 6.22. The van der Waals surface area contributed by atoms with E-state index >= 15 is 0 Å². The van der Waals surface area contributed by atoms with E-state index in [4.69, 9.17) is 27.9 Å². The molecule has 0 spiro atoms. The number of halogens is 2. The van der Waals surface area contributed by atoms with Crippen LogP contribution in [0.5, 0.6) is 0 Å². The molecule has 1 atom stereocenters. The first-order valence-corrected chi connectivity index (χ1v) is 7.77. The number of aromatic nitrogens is 1. The summed E-state index contributed by atoms with van der Waals surface area (Å²) in [5, 5.41) is 1.29. The molecular formula is C17H17Cl2NO2. The zero-order valence-corrected chi connectivity index (χ0v) is 13.8. The van der Waals surface area contributed by atoms with Gasteiger partial charge in [-0.25, -0.2) is 0 Å². The lowest BCUT2D eigenvalue weighted by Gasteiger charge is -2.17. The van der Waals surface area contributed by atoms with Gasteiger partial charge in [-0.2, -0.15) is 0 Å². The summed E-state index contributed by atoms with van der Waals surface area (Å²) >= 11 is 11.9. The molecule has 1 aromatic carbocycles. The molecule has 0 unspecified atom stereocenters. The second kappa shape index (κ2) is 8.16. The highest BCUT2D eigenvalue weighted by Crippen LogP contribution is 2.27. The summed E-state index contributed by atoms with van der Waals surface area (Å²) in [7, 11) is 1.40. The Labute approximate surface area is 140 Å². The molecule has 0 amide bonds. The minimum atomic E-state index is -0.212. The summed E-state index contributed by atoms with van der Waals surface area (Å²) in [4.78, 5) is 15.8. The maximum absolute atomic E-state index is 11.4. The van der Waals surface area contributed by atoms with Gasteiger partial charge in [-0.1, -0.05) is 35.3 Å². The van der Waals surface area contributed by atoms with Crippen LogP contribution >= 0.6 is 23.2 Å². The number of hydrogen-bond acceptors (Lipinski definition) is 3. The van der Waals surface area contributed by atoms with E-state index in [-0.39, 0.29) is 11.9 Å². The van der Waals surface area contributed by atoms with Gasteiger partial charge in [0.25, 0.3) is 0 Å². The van der Waals surface area contributed by atoms with Crippen LogP contribution in [-0.4, -0.2) is 18.1 Å². The van der Waals surface area contributed by atoms with Crippen molar-refractivity contribution in [3.05, 3.63) is 63.9 Å². The molecule has 0 saturated carbocycles. The van der Waals surface area contributed by atoms with Crippen molar-refractivity contribution in [3.8, 4) is 0 Å². The van der Waals surface area contributed by atoms with E-state index in [1.807, 2.05) is 36.4 Å². The van der Waals surface area contributed by atoms with Gasteiger partial charge < -0.3 is 4.74 Å². The molecule has 0 N–H and O–H groups in total. The molecule has 1 heterocycles. The monoisotopic (exact) mass is 337 g/mol. The number of methoxy groups -OCH3 is 1. The lowest BCUT2D eigenvalue weighted by atomic mass is 9.90. The normalized spacial score (nSPS) is 12.0. The summed E-state index contributed by atoms with van der Waals surface area (Å²) in [6, 6.07) is 11.4. The highest BCUT2D eigenvalue weighted by atomic mass is 35.5. The van der Waals surface area contributed by atoms with Gasteiger partial charge in [-0.3, -0.25) is 9.78 Å². The van der Waals surface area contributed by atoms with Crippen LogP contribution in [0.4, 0.5) is 0 Å². The number of carbonyl (C=O) groups is 1. The molecule has 1 aromatic heterocycles. The average Bonchev–Trinajstić information content (AvgIpc) is 2.52. The van der Waals surface area contributed by atoms with Gasteiger partial charge >= 0.3 is 5.97 Å². The molecule has 0 fully saturated rings. The smallest absolute Gasteiger partial charge is 0.305 e. The molecule has 2 aromatic rings. The number of benzene rings is 1. The van der Waals surface area contributed by atoms with Crippen molar-refractivity contribution < 1.29 is 9.53 Å². The van der Waals surface area contributed by atoms with E-state index in [1.165, 1.54) is 7.11 Å². The molecule has 0 radical (unpaired) electrons. The van der Waals surface area contributed by atoms with Gasteiger partial charge in [-0.05, 0) is 48.6 Å². The van der Waals surface area contributed by atoms with Crippen LogP contribution in [0.1, 0.15) is 30.0 Å². The van der Waals surface area contributed by atoms with Crippen LogP contribution in [0, 0.1) is 0 Å². The molecule has 0 aliphatic rings. The Morgan fingerprint density at radius 2 is 2.05 bits per heavy atom. The van der Waals surface area contributed by atoms with Crippen LogP contribution in [0.25, 0.3) is 0 Å². The second-order valence-corrected chi connectivity index (χ2v) is 5.91. The minimum Gasteiger partial charge on any atom is -0.469 e. The largest absolute Gasteiger partial charge is 0.469 e. The predicted octanol–water partition coefficient (Wildman–Crippen LogP) is 4.67. The third-order valence-electron chi connectivity index (χ3n) is 3.49. The number of pyridine rings is 1. The number of hydrogen-bond donors (Lipinski definition) is 0. The van der Waals surface area contributed by atoms with Crippen LogP contribution in [0.3, 0.4) is 0 Å². The highest BCUT2D eigenvalue weighted by molar-refractivity contribution is 6.30. The van der Waals surface area contributed by atoms with E-state index < -0.39 is 0 Å². The Morgan fingerprint density at radius 3 is 2.68 bits per heavy atom. The zero-order chi connectivity index (χ0) is 15.9. The van der Waals surface area contributed by atoms with Gasteiger partial charge in [0.15, 0.2) is 0 Å². The molecule has 0 aliphatic carbocycles. The molecule has 5 heteroatoms. The van der Waals surface area contributed by atoms with Crippen LogP contribution < -0.4 is 0 Å². The quantitative estimate of drug-likeness (QED) is 0.719. The third-order valence-corrected chi connectivity index (χ3v) is 3.95. The summed E-state index contributed by atoms with van der Waals surface area (Å²) < 4.78 is 4.73. The fourth-order valence-corrected chi connectivity index (χ4v) is 2.63. The Bertz CT molecular complexity index is 629. The van der Waals surface area contributed by atoms with Gasteiger partial charge in [0.2, 0.25) is 0 Å². The maximum Gasteiger partial charge on any atom is 0.305 e. The molecule has 116 valence electrons. The fourth-order valence-electron chi connectivity index (χ4n) is 2.32. The third kappa shape index (κ3) is 5.00. The molecule has 0 saturated heterocycles. The molecule has 22 heavy (non-hydrogen) atoms. The van der Waals surface area contributed by atoms with Gasteiger partial charge in [0, 0.05) is 23.3 Å². The van der Waals surface area contributed by atoms with Crippen molar-refractivity contribution in [2.45, 2.75) is 25.2 Å². The highest BCUT2D eigenvalue weighted by Gasteiger charge is 2.16. The Hall–Kier alpha value is -1.58. The molecule has 3 nitrogen and oxygen atoms in total. The molecular weight excluding hydrogens is 321 g/mol. The predicted molar refractivity (Wildman–Crippen MR) is 88.4 cm³/mol. The van der Waals surface area contributed by atoms with Crippen molar-refractivity contribution >= 4 is 29.2 Å². The van der Waals surface area contributed by atoms with E-state index in [0.717, 1.165) is 11.3 Å². The fraction of sp³-hybridized carbons (Fsp3) is 0.294. The number of ether oxygens (including phenoxy) is 1. The van der Waals surface area contributed by atoms with Crippen molar-refractivity contribution in [1.29, 1.82) is 0 Å². The van der Waals surface area contributed by atoms with Crippen molar-refractivity contribution in [2.75, 3.05) is 7.11 Å². The zero-order valence-electron chi connectivity index (χ0n) is 12.3. The summed E-state index contributed by atoms with van der Waals surface area (Å²) in [6.45, 7) is 0. The molecule has 0 aliphatic heterocycles. The topological polar surface area (TPSA) is 39.2 Å². The van der Waals surface area contributed by atoms with Crippen molar-refractivity contribution in [2.24, 2.45) is 0 Å². The first kappa shape index (κ1) is 16.8. The minimum absolute atomic E-state index is 0.145. The van der Waals surface area contributed by atoms with E-state index in [1.54, 1.807) is 6.20 Å². The summed E-state index contributed by atoms with van der Waals surface area (Å²) in [5.74, 6) is -0.0671. The average molecular weight is 338 g/mol.